The summed E-state index contributed by atoms with van der Waals surface area (Å²) in [7, 11) is -3.71. The van der Waals surface area contributed by atoms with Crippen molar-refractivity contribution < 1.29 is 17.9 Å². The molecule has 2 aliphatic rings. The van der Waals surface area contributed by atoms with Crippen LogP contribution >= 0.6 is 23.2 Å². The Hall–Kier alpha value is -2.62. The minimum atomic E-state index is -3.71. The van der Waals surface area contributed by atoms with Crippen LogP contribution in [0, 0.1) is 13.8 Å². The molecule has 0 spiro atoms. The molecule has 1 amide bonds. The van der Waals surface area contributed by atoms with E-state index in [0.717, 1.165) is 22.6 Å². The van der Waals surface area contributed by atoms with E-state index in [4.69, 9.17) is 27.9 Å². The van der Waals surface area contributed by atoms with Crippen molar-refractivity contribution in [3.05, 3.63) is 75.0 Å². The van der Waals surface area contributed by atoms with Crippen LogP contribution in [-0.4, -0.2) is 56.0 Å². The molecule has 0 bridgehead atoms. The first-order chi connectivity index (χ1) is 17.6. The van der Waals surface area contributed by atoms with E-state index >= 15 is 0 Å². The smallest absolute Gasteiger partial charge is 0.258 e. The number of benzene rings is 2. The summed E-state index contributed by atoms with van der Waals surface area (Å²) < 4.78 is 35.4. The summed E-state index contributed by atoms with van der Waals surface area (Å²) in [6.45, 7) is 7.68. The number of rotatable bonds is 5. The fraction of sp³-hybridized carbons (Fsp3) is 0.296. The van der Waals surface area contributed by atoms with E-state index in [0.29, 0.717) is 59.7 Å². The van der Waals surface area contributed by atoms with Gasteiger partial charge in [-0.2, -0.15) is 4.31 Å². The topological polar surface area (TPSA) is 71.9 Å². The zero-order valence-corrected chi connectivity index (χ0v) is 23.1. The number of hydrogen-bond donors (Lipinski definition) is 0. The van der Waals surface area contributed by atoms with Gasteiger partial charge < -0.3 is 14.2 Å². The van der Waals surface area contributed by atoms with Crippen LogP contribution in [0.2, 0.25) is 10.0 Å². The highest BCUT2D eigenvalue weighted by molar-refractivity contribution is 7.89. The molecule has 1 fully saturated rings. The number of carbonyl (C=O) groups is 1. The van der Waals surface area contributed by atoms with Crippen LogP contribution in [0.4, 0.5) is 5.69 Å². The molecular formula is C27H27Cl2N3O4S. The van der Waals surface area contributed by atoms with Crippen LogP contribution in [0.5, 0.6) is 0 Å². The fourth-order valence-corrected chi connectivity index (χ4v) is 6.72. The van der Waals surface area contributed by atoms with Crippen molar-refractivity contribution in [1.29, 1.82) is 0 Å². The second kappa shape index (κ2) is 9.93. The van der Waals surface area contributed by atoms with Gasteiger partial charge in [-0.3, -0.25) is 4.79 Å². The molecule has 0 N–H and O–H groups in total. The molecule has 0 aliphatic carbocycles. The van der Waals surface area contributed by atoms with E-state index in [9.17, 15) is 13.2 Å². The molecule has 194 valence electrons. The second-order valence-electron chi connectivity index (χ2n) is 9.06. The lowest BCUT2D eigenvalue weighted by atomic mass is 10.0. The monoisotopic (exact) mass is 559 g/mol. The zero-order chi connectivity index (χ0) is 26.5. The highest BCUT2D eigenvalue weighted by atomic mass is 35.5. The number of fused-ring (bicyclic) bond motifs is 1. The van der Waals surface area contributed by atoms with Crippen LogP contribution in [0.15, 0.2) is 47.4 Å². The van der Waals surface area contributed by atoms with Gasteiger partial charge >= 0.3 is 0 Å². The molecule has 3 aromatic rings. The van der Waals surface area contributed by atoms with Crippen molar-refractivity contribution in [3.63, 3.8) is 0 Å². The van der Waals surface area contributed by atoms with Gasteiger partial charge in [-0.05, 0) is 74.9 Å². The summed E-state index contributed by atoms with van der Waals surface area (Å²) in [5.74, 6) is -0.155. The van der Waals surface area contributed by atoms with Crippen LogP contribution in [-0.2, 0) is 19.6 Å². The Bertz CT molecular complexity index is 1540. The third-order valence-corrected chi connectivity index (χ3v) is 9.51. The Morgan fingerprint density at radius 2 is 1.73 bits per heavy atom. The highest BCUT2D eigenvalue weighted by Crippen LogP contribution is 2.40. The highest BCUT2D eigenvalue weighted by Gasteiger charge is 2.34. The van der Waals surface area contributed by atoms with Crippen molar-refractivity contribution in [2.75, 3.05) is 37.7 Å². The van der Waals surface area contributed by atoms with Gasteiger partial charge in [0.1, 0.15) is 0 Å². The molecule has 10 heteroatoms. The van der Waals surface area contributed by atoms with E-state index in [1.165, 1.54) is 4.31 Å². The average molecular weight is 561 g/mol. The molecule has 0 atom stereocenters. The molecule has 1 aromatic heterocycles. The van der Waals surface area contributed by atoms with Gasteiger partial charge in [-0.25, -0.2) is 8.42 Å². The van der Waals surface area contributed by atoms with E-state index in [2.05, 4.69) is 0 Å². The standard InChI is InChI=1S/C27H27Cl2N3O4S/c1-4-31-26-8-6-21(37(34,35)30-9-11-36-12-10-30)16-22(26)23(27(31)33)14-19-13-17(2)32(18(19)3)20-5-7-24(28)25(29)15-20/h5-8,13-16H,4,9-12H2,1-3H3. The fourth-order valence-electron chi connectivity index (χ4n) is 5.00. The Morgan fingerprint density at radius 3 is 2.41 bits per heavy atom. The summed E-state index contributed by atoms with van der Waals surface area (Å²) in [5, 5.41) is 0.935. The number of amides is 1. The van der Waals surface area contributed by atoms with Gasteiger partial charge in [-0.1, -0.05) is 23.2 Å². The Labute approximate surface area is 226 Å². The predicted molar refractivity (Wildman–Crippen MR) is 147 cm³/mol. The van der Waals surface area contributed by atoms with E-state index < -0.39 is 10.0 Å². The predicted octanol–water partition coefficient (Wildman–Crippen LogP) is 5.33. The summed E-state index contributed by atoms with van der Waals surface area (Å²) >= 11 is 12.4. The van der Waals surface area contributed by atoms with Gasteiger partial charge in [0.05, 0.1) is 33.8 Å². The number of anilines is 1. The zero-order valence-electron chi connectivity index (χ0n) is 20.8. The maximum atomic E-state index is 13.5. The summed E-state index contributed by atoms with van der Waals surface area (Å²) in [6, 6.07) is 12.4. The van der Waals surface area contributed by atoms with E-state index in [-0.39, 0.29) is 10.8 Å². The maximum absolute atomic E-state index is 13.5. The molecule has 2 aliphatic heterocycles. The molecule has 5 rings (SSSR count). The normalized spacial score (nSPS) is 17.6. The Morgan fingerprint density at radius 1 is 1.00 bits per heavy atom. The lowest BCUT2D eigenvalue weighted by Crippen LogP contribution is -2.40. The lowest BCUT2D eigenvalue weighted by Gasteiger charge is -2.26. The summed E-state index contributed by atoms with van der Waals surface area (Å²) in [4.78, 5) is 15.3. The average Bonchev–Trinajstić information content (AvgIpc) is 3.32. The van der Waals surface area contributed by atoms with Crippen LogP contribution in [0.1, 0.15) is 29.4 Å². The van der Waals surface area contributed by atoms with Crippen LogP contribution < -0.4 is 4.90 Å². The molecule has 0 unspecified atom stereocenters. The van der Waals surface area contributed by atoms with Gasteiger partial charge in [0.15, 0.2) is 0 Å². The van der Waals surface area contributed by atoms with Crippen molar-refractivity contribution in [2.45, 2.75) is 25.7 Å². The molecule has 0 radical (unpaired) electrons. The van der Waals surface area contributed by atoms with Crippen molar-refractivity contribution in [3.8, 4) is 5.69 Å². The number of likely N-dealkylation sites (N-methyl/N-ethyl adjacent to an activating group) is 1. The third kappa shape index (κ3) is 4.51. The molecule has 7 nitrogen and oxygen atoms in total. The van der Waals surface area contributed by atoms with Crippen molar-refractivity contribution in [1.82, 2.24) is 8.87 Å². The lowest BCUT2D eigenvalue weighted by molar-refractivity contribution is -0.112. The largest absolute Gasteiger partial charge is 0.379 e. The number of carbonyl (C=O) groups excluding carboxylic acids is 1. The van der Waals surface area contributed by atoms with Crippen molar-refractivity contribution in [2.24, 2.45) is 0 Å². The molecule has 0 saturated carbocycles. The first-order valence-electron chi connectivity index (χ1n) is 12.0. The molecule has 3 heterocycles. The first-order valence-corrected chi connectivity index (χ1v) is 14.2. The number of nitrogens with zero attached hydrogens (tertiary/aromatic N) is 3. The van der Waals surface area contributed by atoms with Gasteiger partial charge in [0, 0.05) is 47.8 Å². The number of morpholine rings is 1. The molecular weight excluding hydrogens is 533 g/mol. The minimum absolute atomic E-state index is 0.155. The number of aryl methyl sites for hydroxylation is 1. The van der Waals surface area contributed by atoms with Gasteiger partial charge in [0.25, 0.3) is 5.91 Å². The quantitative estimate of drug-likeness (QED) is 0.396. The van der Waals surface area contributed by atoms with Gasteiger partial charge in [-0.15, -0.1) is 0 Å². The molecule has 37 heavy (non-hydrogen) atoms. The van der Waals surface area contributed by atoms with Crippen LogP contribution in [0.25, 0.3) is 17.3 Å². The molecule has 2 aromatic carbocycles. The third-order valence-electron chi connectivity index (χ3n) is 6.88. The SMILES string of the molecule is CCN1C(=O)C(=Cc2cc(C)n(-c3ccc(Cl)c(Cl)c3)c2C)c2cc(S(=O)(=O)N3CCOCC3)ccc21. The number of halogens is 2. The molecule has 1 saturated heterocycles. The Kier molecular flexibility index (Phi) is 6.98. The number of aromatic nitrogens is 1. The van der Waals surface area contributed by atoms with E-state index in [1.54, 1.807) is 35.2 Å². The summed E-state index contributed by atoms with van der Waals surface area (Å²) in [6.07, 6.45) is 1.85. The first kappa shape index (κ1) is 26.0. The minimum Gasteiger partial charge on any atom is -0.379 e. The number of hydrogen-bond acceptors (Lipinski definition) is 4. The van der Waals surface area contributed by atoms with Gasteiger partial charge in [0.2, 0.25) is 10.0 Å². The second-order valence-corrected chi connectivity index (χ2v) is 11.8. The number of sulfonamides is 1. The van der Waals surface area contributed by atoms with E-state index in [1.807, 2.05) is 43.5 Å². The number of ether oxygens (including phenoxy) is 1. The maximum Gasteiger partial charge on any atom is 0.258 e. The van der Waals surface area contributed by atoms with Crippen molar-refractivity contribution >= 4 is 56.5 Å². The van der Waals surface area contributed by atoms with Crippen LogP contribution in [0.3, 0.4) is 0 Å². The Balaban J connectivity index is 1.60. The summed E-state index contributed by atoms with van der Waals surface area (Å²) in [5.41, 5.74) is 5.39.